The van der Waals surface area contributed by atoms with Crippen LogP contribution in [-0.4, -0.2) is 9.55 Å². The third-order valence-corrected chi connectivity index (χ3v) is 3.56. The van der Waals surface area contributed by atoms with E-state index < -0.39 is 0 Å². The monoisotopic (exact) mass is 258 g/mol. The van der Waals surface area contributed by atoms with Crippen LogP contribution < -0.4 is 0 Å². The molecule has 0 bridgehead atoms. The lowest BCUT2D eigenvalue weighted by atomic mass is 10.2. The summed E-state index contributed by atoms with van der Waals surface area (Å²) in [5.74, 6) is 0.722. The largest absolute Gasteiger partial charge is 0.326 e. The molecule has 0 radical (unpaired) electrons. The van der Waals surface area contributed by atoms with Crippen molar-refractivity contribution in [3.8, 4) is 10.7 Å². The van der Waals surface area contributed by atoms with E-state index in [1.165, 1.54) is 6.07 Å². The molecule has 1 aromatic carbocycles. The molecule has 3 rings (SSSR count). The minimum atomic E-state index is -0.203. The average Bonchev–Trinajstić information content (AvgIpc) is 2.98. The molecule has 0 aliphatic heterocycles. The number of hydrogen-bond donors (Lipinski definition) is 0. The van der Waals surface area contributed by atoms with Gasteiger partial charge in [0, 0.05) is 18.9 Å². The fraction of sp³-hybridized carbons (Fsp3) is 0.0714. The Hall–Kier alpha value is -1.94. The van der Waals surface area contributed by atoms with E-state index in [0.717, 1.165) is 16.3 Å². The highest BCUT2D eigenvalue weighted by molar-refractivity contribution is 7.13. The van der Waals surface area contributed by atoms with Gasteiger partial charge in [-0.1, -0.05) is 18.2 Å². The Bertz CT molecular complexity index is 643. The number of aromatic nitrogens is 2. The molecule has 0 saturated heterocycles. The van der Waals surface area contributed by atoms with Gasteiger partial charge in [-0.25, -0.2) is 9.37 Å². The molecular formula is C14H11FN2S. The number of rotatable bonds is 3. The van der Waals surface area contributed by atoms with Gasteiger partial charge in [-0.05, 0) is 29.1 Å². The van der Waals surface area contributed by atoms with Crippen LogP contribution in [0.15, 0.2) is 54.2 Å². The van der Waals surface area contributed by atoms with Gasteiger partial charge >= 0.3 is 0 Å². The first kappa shape index (κ1) is 11.2. The molecule has 0 saturated carbocycles. The zero-order chi connectivity index (χ0) is 12.4. The summed E-state index contributed by atoms with van der Waals surface area (Å²) in [7, 11) is 0. The van der Waals surface area contributed by atoms with Gasteiger partial charge in [0.1, 0.15) is 11.6 Å². The third-order valence-electron chi connectivity index (χ3n) is 2.70. The van der Waals surface area contributed by atoms with Crippen molar-refractivity contribution < 1.29 is 4.39 Å². The lowest BCUT2D eigenvalue weighted by Gasteiger charge is -2.06. The quantitative estimate of drug-likeness (QED) is 0.698. The second-order valence-electron chi connectivity index (χ2n) is 3.99. The number of nitrogens with zero attached hydrogens (tertiary/aromatic N) is 2. The maximum absolute atomic E-state index is 13.1. The van der Waals surface area contributed by atoms with E-state index in [1.807, 2.05) is 34.3 Å². The smallest absolute Gasteiger partial charge is 0.150 e. The SMILES string of the molecule is Fc1cccc(Cn2ccnc2-c2cccs2)c1. The zero-order valence-corrected chi connectivity index (χ0v) is 10.4. The highest BCUT2D eigenvalue weighted by atomic mass is 32.1. The van der Waals surface area contributed by atoms with Crippen molar-refractivity contribution in [3.63, 3.8) is 0 Å². The summed E-state index contributed by atoms with van der Waals surface area (Å²) in [5, 5.41) is 2.02. The molecule has 90 valence electrons. The van der Waals surface area contributed by atoms with Crippen LogP contribution in [-0.2, 0) is 6.54 Å². The van der Waals surface area contributed by atoms with E-state index in [4.69, 9.17) is 0 Å². The number of hydrogen-bond acceptors (Lipinski definition) is 2. The normalized spacial score (nSPS) is 10.7. The maximum Gasteiger partial charge on any atom is 0.150 e. The van der Waals surface area contributed by atoms with Crippen molar-refractivity contribution in [3.05, 3.63) is 65.6 Å². The van der Waals surface area contributed by atoms with Crippen LogP contribution in [0.4, 0.5) is 4.39 Å². The minimum Gasteiger partial charge on any atom is -0.326 e. The predicted octanol–water partition coefficient (Wildman–Crippen LogP) is 3.80. The van der Waals surface area contributed by atoms with E-state index in [9.17, 15) is 4.39 Å². The van der Waals surface area contributed by atoms with Gasteiger partial charge in [0.05, 0.1) is 4.88 Å². The molecule has 0 unspecified atom stereocenters. The molecule has 2 nitrogen and oxygen atoms in total. The summed E-state index contributed by atoms with van der Waals surface area (Å²) < 4.78 is 15.2. The molecule has 0 spiro atoms. The Labute approximate surface area is 108 Å². The van der Waals surface area contributed by atoms with E-state index in [0.29, 0.717) is 6.54 Å². The molecule has 0 aliphatic rings. The standard InChI is InChI=1S/C14H11FN2S/c15-12-4-1-3-11(9-12)10-17-7-6-16-14(17)13-5-2-8-18-13/h1-9H,10H2. The van der Waals surface area contributed by atoms with Gasteiger partial charge in [0.15, 0.2) is 0 Å². The number of imidazole rings is 1. The van der Waals surface area contributed by atoms with Crippen molar-refractivity contribution in [2.45, 2.75) is 6.54 Å². The van der Waals surface area contributed by atoms with E-state index in [1.54, 1.807) is 29.7 Å². The van der Waals surface area contributed by atoms with Crippen LogP contribution >= 0.6 is 11.3 Å². The van der Waals surface area contributed by atoms with Crippen molar-refractivity contribution in [2.75, 3.05) is 0 Å². The van der Waals surface area contributed by atoms with E-state index in [-0.39, 0.29) is 5.82 Å². The average molecular weight is 258 g/mol. The van der Waals surface area contributed by atoms with Crippen molar-refractivity contribution in [1.29, 1.82) is 0 Å². The highest BCUT2D eigenvalue weighted by Crippen LogP contribution is 2.23. The molecule has 18 heavy (non-hydrogen) atoms. The first-order chi connectivity index (χ1) is 8.83. The number of halogens is 1. The Kier molecular flexibility index (Phi) is 2.94. The van der Waals surface area contributed by atoms with Gasteiger partial charge in [0.2, 0.25) is 0 Å². The maximum atomic E-state index is 13.1. The van der Waals surface area contributed by atoms with Gasteiger partial charge in [-0.3, -0.25) is 0 Å². The number of thiophene rings is 1. The Balaban J connectivity index is 1.92. The molecule has 0 aliphatic carbocycles. The lowest BCUT2D eigenvalue weighted by molar-refractivity contribution is 0.623. The lowest BCUT2D eigenvalue weighted by Crippen LogP contribution is -2.00. The first-order valence-corrected chi connectivity index (χ1v) is 6.50. The van der Waals surface area contributed by atoms with Crippen LogP contribution in [0, 0.1) is 5.82 Å². The molecule has 2 aromatic heterocycles. The van der Waals surface area contributed by atoms with Crippen molar-refractivity contribution in [1.82, 2.24) is 9.55 Å². The van der Waals surface area contributed by atoms with E-state index >= 15 is 0 Å². The third kappa shape index (κ3) is 2.19. The fourth-order valence-electron chi connectivity index (χ4n) is 1.90. The Morgan fingerprint density at radius 2 is 2.17 bits per heavy atom. The van der Waals surface area contributed by atoms with Crippen LogP contribution in [0.1, 0.15) is 5.56 Å². The molecular weight excluding hydrogens is 247 g/mol. The molecule has 2 heterocycles. The second-order valence-corrected chi connectivity index (χ2v) is 4.93. The molecule has 0 atom stereocenters. The summed E-state index contributed by atoms with van der Waals surface area (Å²) in [6.07, 6.45) is 3.69. The predicted molar refractivity (Wildman–Crippen MR) is 71.0 cm³/mol. The zero-order valence-electron chi connectivity index (χ0n) is 9.58. The molecule has 0 amide bonds. The van der Waals surface area contributed by atoms with Gasteiger partial charge in [-0.15, -0.1) is 11.3 Å². The van der Waals surface area contributed by atoms with Crippen molar-refractivity contribution >= 4 is 11.3 Å². The fourth-order valence-corrected chi connectivity index (χ4v) is 2.64. The van der Waals surface area contributed by atoms with E-state index in [2.05, 4.69) is 4.98 Å². The Morgan fingerprint density at radius 1 is 1.22 bits per heavy atom. The second kappa shape index (κ2) is 4.74. The van der Waals surface area contributed by atoms with Crippen molar-refractivity contribution in [2.24, 2.45) is 0 Å². The van der Waals surface area contributed by atoms with Crippen LogP contribution in [0.5, 0.6) is 0 Å². The molecule has 0 fully saturated rings. The summed E-state index contributed by atoms with van der Waals surface area (Å²) in [6, 6.07) is 10.7. The van der Waals surface area contributed by atoms with Gasteiger partial charge < -0.3 is 4.57 Å². The molecule has 4 heteroatoms. The van der Waals surface area contributed by atoms with Crippen LogP contribution in [0.2, 0.25) is 0 Å². The summed E-state index contributed by atoms with van der Waals surface area (Å²) in [6.45, 7) is 0.630. The summed E-state index contributed by atoms with van der Waals surface area (Å²) in [5.41, 5.74) is 0.936. The number of benzene rings is 1. The van der Waals surface area contributed by atoms with Gasteiger partial charge in [-0.2, -0.15) is 0 Å². The molecule has 3 aromatic rings. The summed E-state index contributed by atoms with van der Waals surface area (Å²) in [4.78, 5) is 5.48. The first-order valence-electron chi connectivity index (χ1n) is 5.62. The minimum absolute atomic E-state index is 0.203. The van der Waals surface area contributed by atoms with Gasteiger partial charge in [0.25, 0.3) is 0 Å². The van der Waals surface area contributed by atoms with Crippen LogP contribution in [0.3, 0.4) is 0 Å². The topological polar surface area (TPSA) is 17.8 Å². The molecule has 0 N–H and O–H groups in total. The Morgan fingerprint density at radius 3 is 2.94 bits per heavy atom. The van der Waals surface area contributed by atoms with Crippen LogP contribution in [0.25, 0.3) is 10.7 Å². The summed E-state index contributed by atoms with van der Waals surface area (Å²) >= 11 is 1.65. The highest BCUT2D eigenvalue weighted by Gasteiger charge is 2.07.